The molecule has 1 heterocycles. The van der Waals surface area contributed by atoms with E-state index in [-0.39, 0.29) is 0 Å². The van der Waals surface area contributed by atoms with Crippen molar-refractivity contribution < 1.29 is 0 Å². The molecule has 2 aromatic rings. The Morgan fingerprint density at radius 1 is 1.29 bits per heavy atom. The quantitative estimate of drug-likeness (QED) is 0.795. The molecule has 0 saturated carbocycles. The van der Waals surface area contributed by atoms with Crippen molar-refractivity contribution in [2.75, 3.05) is 11.1 Å². The lowest BCUT2D eigenvalue weighted by atomic mass is 10.1. The average molecular weight is 230 g/mol. The number of nitrogens with zero attached hydrogens (tertiary/aromatic N) is 2. The van der Waals surface area contributed by atoms with Gasteiger partial charge in [0, 0.05) is 25.3 Å². The standard InChI is InChI=1S/C13H18N4/c1-9-6-11(4-5-12(9)14)8-15-13-7-10(2)16-17(13)3/h4-7,15H,8,14H2,1-3H3. The van der Waals surface area contributed by atoms with Gasteiger partial charge >= 0.3 is 0 Å². The van der Waals surface area contributed by atoms with E-state index in [9.17, 15) is 0 Å². The van der Waals surface area contributed by atoms with E-state index in [1.165, 1.54) is 5.56 Å². The zero-order valence-corrected chi connectivity index (χ0v) is 10.5. The summed E-state index contributed by atoms with van der Waals surface area (Å²) in [5.74, 6) is 1.02. The van der Waals surface area contributed by atoms with Crippen LogP contribution in [0.3, 0.4) is 0 Å². The minimum absolute atomic E-state index is 0.778. The van der Waals surface area contributed by atoms with E-state index < -0.39 is 0 Å². The third-order valence-corrected chi connectivity index (χ3v) is 2.81. The first-order chi connectivity index (χ1) is 8.06. The molecule has 0 spiro atoms. The molecule has 4 heteroatoms. The first-order valence-electron chi connectivity index (χ1n) is 5.66. The number of nitrogen functional groups attached to an aromatic ring is 1. The predicted molar refractivity (Wildman–Crippen MR) is 70.9 cm³/mol. The van der Waals surface area contributed by atoms with E-state index >= 15 is 0 Å². The summed E-state index contributed by atoms with van der Waals surface area (Å²) in [7, 11) is 1.93. The molecular formula is C13H18N4. The highest BCUT2D eigenvalue weighted by Crippen LogP contribution is 2.15. The zero-order chi connectivity index (χ0) is 12.4. The summed E-state index contributed by atoms with van der Waals surface area (Å²) >= 11 is 0. The van der Waals surface area contributed by atoms with Crippen LogP contribution < -0.4 is 11.1 Å². The normalized spacial score (nSPS) is 10.5. The topological polar surface area (TPSA) is 55.9 Å². The van der Waals surface area contributed by atoms with Gasteiger partial charge < -0.3 is 11.1 Å². The Balaban J connectivity index is 2.07. The summed E-state index contributed by atoms with van der Waals surface area (Å²) in [5, 5.41) is 7.65. The number of anilines is 2. The molecule has 2 rings (SSSR count). The number of nitrogens with one attached hydrogen (secondary N) is 1. The Labute approximate surface area is 101 Å². The lowest BCUT2D eigenvalue weighted by Gasteiger charge is -2.08. The van der Waals surface area contributed by atoms with E-state index in [0.29, 0.717) is 0 Å². The fourth-order valence-electron chi connectivity index (χ4n) is 1.82. The van der Waals surface area contributed by atoms with Crippen LogP contribution in [0.1, 0.15) is 16.8 Å². The smallest absolute Gasteiger partial charge is 0.124 e. The number of nitrogens with two attached hydrogens (primary N) is 1. The van der Waals surface area contributed by atoms with Crippen molar-refractivity contribution in [2.45, 2.75) is 20.4 Å². The molecular weight excluding hydrogens is 212 g/mol. The molecule has 0 aliphatic carbocycles. The van der Waals surface area contributed by atoms with Crippen LogP contribution in [0.4, 0.5) is 11.5 Å². The second-order valence-electron chi connectivity index (χ2n) is 4.34. The molecule has 1 aromatic heterocycles. The van der Waals surface area contributed by atoms with Crippen LogP contribution in [0.5, 0.6) is 0 Å². The third-order valence-electron chi connectivity index (χ3n) is 2.81. The van der Waals surface area contributed by atoms with Gasteiger partial charge in [-0.05, 0) is 31.0 Å². The summed E-state index contributed by atoms with van der Waals surface area (Å²) in [5.41, 5.74) is 9.98. The van der Waals surface area contributed by atoms with Gasteiger partial charge in [-0.25, -0.2) is 0 Å². The summed E-state index contributed by atoms with van der Waals surface area (Å²) in [4.78, 5) is 0. The van der Waals surface area contributed by atoms with Gasteiger partial charge in [0.1, 0.15) is 5.82 Å². The monoisotopic (exact) mass is 230 g/mol. The minimum Gasteiger partial charge on any atom is -0.399 e. The van der Waals surface area contributed by atoms with E-state index in [2.05, 4.69) is 16.5 Å². The maximum Gasteiger partial charge on any atom is 0.124 e. The Morgan fingerprint density at radius 3 is 2.65 bits per heavy atom. The number of benzene rings is 1. The van der Waals surface area contributed by atoms with Crippen LogP contribution in [0.2, 0.25) is 0 Å². The molecule has 0 saturated heterocycles. The van der Waals surface area contributed by atoms with Gasteiger partial charge in [-0.3, -0.25) is 4.68 Å². The highest BCUT2D eigenvalue weighted by Gasteiger charge is 2.02. The first kappa shape index (κ1) is 11.5. The van der Waals surface area contributed by atoms with Crippen LogP contribution >= 0.6 is 0 Å². The van der Waals surface area contributed by atoms with Gasteiger partial charge in [0.25, 0.3) is 0 Å². The molecule has 0 amide bonds. The third kappa shape index (κ3) is 2.58. The van der Waals surface area contributed by atoms with Gasteiger partial charge in [-0.2, -0.15) is 5.10 Å². The van der Waals surface area contributed by atoms with Crippen molar-refractivity contribution in [3.63, 3.8) is 0 Å². The lowest BCUT2D eigenvalue weighted by Crippen LogP contribution is -2.05. The molecule has 0 fully saturated rings. The Kier molecular flexibility index (Phi) is 3.04. The van der Waals surface area contributed by atoms with Crippen molar-refractivity contribution in [3.8, 4) is 0 Å². The lowest BCUT2D eigenvalue weighted by molar-refractivity contribution is 0.758. The maximum atomic E-state index is 5.79. The molecule has 17 heavy (non-hydrogen) atoms. The van der Waals surface area contributed by atoms with Crippen molar-refractivity contribution in [1.29, 1.82) is 0 Å². The molecule has 0 aliphatic rings. The summed E-state index contributed by atoms with van der Waals surface area (Å²) in [6.07, 6.45) is 0. The van der Waals surface area contributed by atoms with Gasteiger partial charge in [0.2, 0.25) is 0 Å². The Bertz CT molecular complexity index is 528. The molecule has 4 nitrogen and oxygen atoms in total. The molecule has 90 valence electrons. The summed E-state index contributed by atoms with van der Waals surface area (Å²) in [6.45, 7) is 4.78. The van der Waals surface area contributed by atoms with Crippen LogP contribution in [-0.2, 0) is 13.6 Å². The van der Waals surface area contributed by atoms with E-state index in [4.69, 9.17) is 5.73 Å². The Morgan fingerprint density at radius 2 is 2.06 bits per heavy atom. The van der Waals surface area contributed by atoms with Crippen molar-refractivity contribution >= 4 is 11.5 Å². The largest absolute Gasteiger partial charge is 0.399 e. The zero-order valence-electron chi connectivity index (χ0n) is 10.5. The molecule has 3 N–H and O–H groups in total. The highest BCUT2D eigenvalue weighted by atomic mass is 15.3. The van der Waals surface area contributed by atoms with Crippen LogP contribution in [0, 0.1) is 13.8 Å². The second kappa shape index (κ2) is 4.49. The number of aryl methyl sites for hydroxylation is 3. The molecule has 0 aliphatic heterocycles. The number of rotatable bonds is 3. The van der Waals surface area contributed by atoms with Crippen LogP contribution in [-0.4, -0.2) is 9.78 Å². The number of hydrogen-bond acceptors (Lipinski definition) is 3. The van der Waals surface area contributed by atoms with Gasteiger partial charge in [-0.1, -0.05) is 12.1 Å². The molecule has 0 radical (unpaired) electrons. The summed E-state index contributed by atoms with van der Waals surface area (Å²) < 4.78 is 1.85. The van der Waals surface area contributed by atoms with Crippen LogP contribution in [0.15, 0.2) is 24.3 Å². The van der Waals surface area contributed by atoms with Gasteiger partial charge in [0.15, 0.2) is 0 Å². The molecule has 0 unspecified atom stereocenters. The van der Waals surface area contributed by atoms with Crippen molar-refractivity contribution in [1.82, 2.24) is 9.78 Å². The molecule has 0 atom stereocenters. The van der Waals surface area contributed by atoms with Gasteiger partial charge in [0.05, 0.1) is 5.69 Å². The summed E-state index contributed by atoms with van der Waals surface area (Å²) in [6, 6.07) is 8.12. The molecule has 0 bridgehead atoms. The number of aromatic nitrogens is 2. The van der Waals surface area contributed by atoms with E-state index in [1.807, 2.05) is 43.8 Å². The second-order valence-corrected chi connectivity index (χ2v) is 4.34. The molecule has 1 aromatic carbocycles. The Hall–Kier alpha value is -1.97. The fourth-order valence-corrected chi connectivity index (χ4v) is 1.82. The first-order valence-corrected chi connectivity index (χ1v) is 5.66. The van der Waals surface area contributed by atoms with E-state index in [1.54, 1.807) is 0 Å². The average Bonchev–Trinajstić information content (AvgIpc) is 2.59. The highest BCUT2D eigenvalue weighted by molar-refractivity contribution is 5.48. The fraction of sp³-hybridized carbons (Fsp3) is 0.308. The van der Waals surface area contributed by atoms with Crippen molar-refractivity contribution in [2.24, 2.45) is 7.05 Å². The van der Waals surface area contributed by atoms with E-state index in [0.717, 1.165) is 29.3 Å². The minimum atomic E-state index is 0.778. The van der Waals surface area contributed by atoms with Crippen LogP contribution in [0.25, 0.3) is 0 Å². The predicted octanol–water partition coefficient (Wildman–Crippen LogP) is 2.23. The van der Waals surface area contributed by atoms with Gasteiger partial charge in [-0.15, -0.1) is 0 Å². The SMILES string of the molecule is Cc1cc(NCc2ccc(N)c(C)c2)n(C)n1. The number of hydrogen-bond donors (Lipinski definition) is 2. The maximum absolute atomic E-state index is 5.79. The van der Waals surface area contributed by atoms with Crippen molar-refractivity contribution in [3.05, 3.63) is 41.1 Å².